The summed E-state index contributed by atoms with van der Waals surface area (Å²) in [5.41, 5.74) is 9.41. The van der Waals surface area contributed by atoms with Gasteiger partial charge in [0, 0.05) is 31.2 Å². The van der Waals surface area contributed by atoms with Crippen LogP contribution in [0.4, 0.5) is 5.82 Å². The summed E-state index contributed by atoms with van der Waals surface area (Å²) in [5.74, 6) is -0.0984. The Morgan fingerprint density at radius 1 is 1.10 bits per heavy atom. The lowest BCUT2D eigenvalue weighted by Crippen LogP contribution is -2.28. The molecule has 3 N–H and O–H groups in total. The van der Waals surface area contributed by atoms with Crippen molar-refractivity contribution in [2.45, 2.75) is 13.0 Å². The molecule has 0 aliphatic heterocycles. The lowest BCUT2D eigenvalue weighted by atomic mass is 9.97. The Hall–Kier alpha value is -5.51. The van der Waals surface area contributed by atoms with Gasteiger partial charge in [-0.15, -0.1) is 5.10 Å². The maximum absolute atomic E-state index is 14.2. The Morgan fingerprint density at radius 2 is 1.93 bits per heavy atom. The predicted molar refractivity (Wildman–Crippen MR) is 153 cm³/mol. The summed E-state index contributed by atoms with van der Waals surface area (Å²) in [7, 11) is 1.85. The topological polar surface area (TPSA) is 133 Å². The van der Waals surface area contributed by atoms with Crippen molar-refractivity contribution < 1.29 is 9.21 Å². The van der Waals surface area contributed by atoms with E-state index in [2.05, 4.69) is 20.5 Å². The number of rotatable bonds is 6. The van der Waals surface area contributed by atoms with Gasteiger partial charge >= 0.3 is 0 Å². The molecular formula is C30H25N7O3. The van der Waals surface area contributed by atoms with Crippen LogP contribution in [-0.4, -0.2) is 30.3 Å². The SMILES string of the molecule is C[C@@H](NC(=O)c1c(N)nn2cccnc12)c1oc2cccc(/C=C/c3cnn(C)c3)c2c(=O)c1-c1ccccc1. The highest BCUT2D eigenvalue weighted by Crippen LogP contribution is 2.31. The van der Waals surface area contributed by atoms with Gasteiger partial charge in [0.25, 0.3) is 5.91 Å². The molecular weight excluding hydrogens is 506 g/mol. The van der Waals surface area contributed by atoms with Crippen LogP contribution in [0.5, 0.6) is 0 Å². The van der Waals surface area contributed by atoms with E-state index < -0.39 is 11.9 Å². The van der Waals surface area contributed by atoms with Crippen LogP contribution in [0.3, 0.4) is 0 Å². The average Bonchev–Trinajstić information content (AvgIpc) is 3.53. The zero-order valence-electron chi connectivity index (χ0n) is 21.8. The molecule has 4 heterocycles. The van der Waals surface area contributed by atoms with E-state index in [1.54, 1.807) is 42.3 Å². The second kappa shape index (κ2) is 9.99. The third kappa shape index (κ3) is 4.41. The molecule has 2 aromatic carbocycles. The number of aromatic nitrogens is 5. The molecule has 1 amide bonds. The standard InChI is InChI=1S/C30H25N7O3/c1-18(34-30(39)25-28(31)35-37-15-7-14-32-29(25)37)27-24(20-8-4-3-5-9-20)26(38)23-21(10-6-11-22(23)40-27)13-12-19-16-33-36(2)17-19/h3-18H,1-2H3,(H2,31,35)(H,34,39)/b13-12+/t18-/m1/s1. The number of carbonyl (C=O) groups is 1. The minimum absolute atomic E-state index is 0.0525. The Labute approximate surface area is 228 Å². The molecule has 0 aliphatic rings. The first-order valence-corrected chi connectivity index (χ1v) is 12.6. The van der Waals surface area contributed by atoms with E-state index >= 15 is 0 Å². The van der Waals surface area contributed by atoms with Crippen molar-refractivity contribution in [1.82, 2.24) is 29.7 Å². The van der Waals surface area contributed by atoms with Gasteiger partial charge in [-0.25, -0.2) is 9.50 Å². The van der Waals surface area contributed by atoms with Crippen LogP contribution in [-0.2, 0) is 7.05 Å². The maximum atomic E-state index is 14.2. The van der Waals surface area contributed by atoms with Crippen molar-refractivity contribution in [3.8, 4) is 11.1 Å². The van der Waals surface area contributed by atoms with E-state index in [0.717, 1.165) is 5.56 Å². The van der Waals surface area contributed by atoms with Crippen molar-refractivity contribution in [3.05, 3.63) is 112 Å². The Bertz CT molecular complexity index is 1970. The van der Waals surface area contributed by atoms with Crippen LogP contribution < -0.4 is 16.5 Å². The Balaban J connectivity index is 1.46. The molecule has 0 bridgehead atoms. The number of nitrogens with one attached hydrogen (secondary N) is 1. The summed E-state index contributed by atoms with van der Waals surface area (Å²) in [6.45, 7) is 1.76. The minimum Gasteiger partial charge on any atom is -0.458 e. The summed E-state index contributed by atoms with van der Waals surface area (Å²) in [6, 6.07) is 15.7. The number of anilines is 1. The number of nitrogens with zero attached hydrogens (tertiary/aromatic N) is 5. The first kappa shape index (κ1) is 24.8. The fourth-order valence-corrected chi connectivity index (χ4v) is 4.77. The van der Waals surface area contributed by atoms with Gasteiger partial charge < -0.3 is 15.5 Å². The molecule has 0 fully saturated rings. The zero-order valence-corrected chi connectivity index (χ0v) is 21.8. The lowest BCUT2D eigenvalue weighted by molar-refractivity contribution is 0.0938. The van der Waals surface area contributed by atoms with E-state index in [1.165, 1.54) is 4.52 Å². The fourth-order valence-electron chi connectivity index (χ4n) is 4.77. The second-order valence-corrected chi connectivity index (χ2v) is 9.38. The van der Waals surface area contributed by atoms with Gasteiger partial charge in [0.15, 0.2) is 11.5 Å². The Morgan fingerprint density at radius 3 is 2.70 bits per heavy atom. The predicted octanol–water partition coefficient (Wildman–Crippen LogP) is 4.48. The normalized spacial score (nSPS) is 12.3. The molecule has 10 heteroatoms. The van der Waals surface area contributed by atoms with Gasteiger partial charge in [-0.1, -0.05) is 54.6 Å². The third-order valence-electron chi connectivity index (χ3n) is 6.61. The number of amides is 1. The largest absolute Gasteiger partial charge is 0.458 e. The summed E-state index contributed by atoms with van der Waals surface area (Å²) in [6.07, 6.45) is 10.6. The molecule has 198 valence electrons. The molecule has 0 spiro atoms. The van der Waals surface area contributed by atoms with Gasteiger partial charge in [-0.3, -0.25) is 14.3 Å². The number of nitrogens with two attached hydrogens (primary N) is 1. The van der Waals surface area contributed by atoms with Crippen LogP contribution in [0.25, 0.3) is 39.9 Å². The first-order chi connectivity index (χ1) is 19.4. The monoisotopic (exact) mass is 531 g/mol. The molecule has 4 aromatic heterocycles. The van der Waals surface area contributed by atoms with Crippen LogP contribution in [0.1, 0.15) is 40.2 Å². The van der Waals surface area contributed by atoms with E-state index in [1.807, 2.05) is 67.9 Å². The van der Waals surface area contributed by atoms with Crippen molar-refractivity contribution in [2.24, 2.45) is 7.05 Å². The number of nitrogen functional groups attached to an aromatic ring is 1. The minimum atomic E-state index is -0.688. The van der Waals surface area contributed by atoms with Crippen LogP contribution in [0.2, 0.25) is 0 Å². The molecule has 0 saturated heterocycles. The van der Waals surface area contributed by atoms with Crippen molar-refractivity contribution in [2.75, 3.05) is 5.73 Å². The van der Waals surface area contributed by atoms with Gasteiger partial charge in [-0.2, -0.15) is 5.10 Å². The van der Waals surface area contributed by atoms with Crippen LogP contribution in [0.15, 0.2) is 88.6 Å². The number of hydrogen-bond acceptors (Lipinski definition) is 7. The quantitative estimate of drug-likeness (QED) is 0.324. The molecule has 0 radical (unpaired) electrons. The Kier molecular flexibility index (Phi) is 6.19. The first-order valence-electron chi connectivity index (χ1n) is 12.6. The molecule has 0 aliphatic carbocycles. The lowest BCUT2D eigenvalue weighted by Gasteiger charge is -2.18. The molecule has 6 rings (SSSR count). The number of carbonyl (C=O) groups excluding carboxylic acids is 1. The molecule has 0 unspecified atom stereocenters. The number of hydrogen-bond donors (Lipinski definition) is 2. The average molecular weight is 532 g/mol. The number of fused-ring (bicyclic) bond motifs is 2. The van der Waals surface area contributed by atoms with E-state index in [4.69, 9.17) is 10.2 Å². The maximum Gasteiger partial charge on any atom is 0.259 e. The summed E-state index contributed by atoms with van der Waals surface area (Å²) >= 11 is 0. The molecule has 40 heavy (non-hydrogen) atoms. The summed E-state index contributed by atoms with van der Waals surface area (Å²) in [5, 5.41) is 11.7. The summed E-state index contributed by atoms with van der Waals surface area (Å²) in [4.78, 5) is 31.8. The second-order valence-electron chi connectivity index (χ2n) is 9.38. The third-order valence-corrected chi connectivity index (χ3v) is 6.61. The molecule has 6 aromatic rings. The van der Waals surface area contributed by atoms with Crippen molar-refractivity contribution >= 4 is 40.5 Å². The van der Waals surface area contributed by atoms with Crippen molar-refractivity contribution in [1.29, 1.82) is 0 Å². The van der Waals surface area contributed by atoms with Crippen LogP contribution in [0, 0.1) is 0 Å². The number of benzene rings is 2. The molecule has 1 atom stereocenters. The smallest absolute Gasteiger partial charge is 0.259 e. The molecule has 0 saturated carbocycles. The highest BCUT2D eigenvalue weighted by Gasteiger charge is 2.26. The van der Waals surface area contributed by atoms with Crippen LogP contribution >= 0.6 is 0 Å². The fraction of sp³-hybridized carbons (Fsp3) is 0.100. The van der Waals surface area contributed by atoms with Gasteiger partial charge in [0.1, 0.15) is 16.9 Å². The van der Waals surface area contributed by atoms with E-state index in [9.17, 15) is 9.59 Å². The van der Waals surface area contributed by atoms with Crippen molar-refractivity contribution in [3.63, 3.8) is 0 Å². The highest BCUT2D eigenvalue weighted by atomic mass is 16.3. The van der Waals surface area contributed by atoms with Gasteiger partial charge in [0.2, 0.25) is 5.43 Å². The highest BCUT2D eigenvalue weighted by molar-refractivity contribution is 6.04. The van der Waals surface area contributed by atoms with Gasteiger partial charge in [0.05, 0.1) is 23.2 Å². The van der Waals surface area contributed by atoms with E-state index in [-0.39, 0.29) is 16.8 Å². The number of aryl methyl sites for hydroxylation is 1. The van der Waals surface area contributed by atoms with Gasteiger partial charge in [-0.05, 0) is 30.2 Å². The summed E-state index contributed by atoms with van der Waals surface area (Å²) < 4.78 is 9.55. The van der Waals surface area contributed by atoms with E-state index in [0.29, 0.717) is 39.1 Å². The zero-order chi connectivity index (χ0) is 27.8. The molecule has 10 nitrogen and oxygen atoms in total.